The molecule has 0 saturated carbocycles. The Balaban J connectivity index is 2.53. The molecule has 0 fully saturated rings. The molecular formula is C12H19N3O2S. The molecule has 0 aliphatic rings. The van der Waals surface area contributed by atoms with E-state index in [0.717, 1.165) is 10.7 Å². The third kappa shape index (κ3) is 4.44. The van der Waals surface area contributed by atoms with Gasteiger partial charge >= 0.3 is 0 Å². The summed E-state index contributed by atoms with van der Waals surface area (Å²) in [6.07, 6.45) is 0. The molecule has 1 aromatic heterocycles. The van der Waals surface area contributed by atoms with Gasteiger partial charge in [0.25, 0.3) is 0 Å². The Morgan fingerprint density at radius 1 is 1.44 bits per heavy atom. The van der Waals surface area contributed by atoms with Crippen molar-refractivity contribution >= 4 is 23.2 Å². The van der Waals surface area contributed by atoms with Gasteiger partial charge < -0.3 is 10.6 Å². The molecule has 0 aliphatic heterocycles. The molecule has 100 valence electrons. The summed E-state index contributed by atoms with van der Waals surface area (Å²) in [5.41, 5.74) is 0.950. The third-order valence-corrected chi connectivity index (χ3v) is 3.35. The van der Waals surface area contributed by atoms with E-state index in [9.17, 15) is 9.59 Å². The zero-order valence-electron chi connectivity index (χ0n) is 11.1. The molecule has 5 nitrogen and oxygen atoms in total. The highest BCUT2D eigenvalue weighted by Gasteiger charge is 2.22. The van der Waals surface area contributed by atoms with Gasteiger partial charge in [-0.15, -0.1) is 11.3 Å². The molecule has 18 heavy (non-hydrogen) atoms. The minimum absolute atomic E-state index is 0.0481. The zero-order valence-corrected chi connectivity index (χ0v) is 11.9. The average molecular weight is 269 g/mol. The molecule has 0 aromatic carbocycles. The van der Waals surface area contributed by atoms with Crippen LogP contribution in [0.2, 0.25) is 0 Å². The summed E-state index contributed by atoms with van der Waals surface area (Å²) in [6, 6.07) is -0.497. The summed E-state index contributed by atoms with van der Waals surface area (Å²) >= 11 is 1.51. The maximum absolute atomic E-state index is 12.0. The first-order valence-corrected chi connectivity index (χ1v) is 6.74. The quantitative estimate of drug-likeness (QED) is 0.844. The van der Waals surface area contributed by atoms with Crippen molar-refractivity contribution in [3.63, 3.8) is 0 Å². The molecule has 1 aromatic rings. The Morgan fingerprint density at radius 2 is 2.11 bits per heavy atom. The van der Waals surface area contributed by atoms with Crippen molar-refractivity contribution < 1.29 is 9.59 Å². The maximum Gasteiger partial charge on any atom is 0.243 e. The smallest absolute Gasteiger partial charge is 0.243 e. The summed E-state index contributed by atoms with van der Waals surface area (Å²) in [7, 11) is 0. The van der Waals surface area contributed by atoms with E-state index in [1.54, 1.807) is 0 Å². The van der Waals surface area contributed by atoms with Gasteiger partial charge in [0.15, 0.2) is 0 Å². The molecule has 1 rings (SSSR count). The lowest BCUT2D eigenvalue weighted by molar-refractivity contribution is -0.129. The van der Waals surface area contributed by atoms with Crippen LogP contribution >= 0.6 is 11.3 Å². The summed E-state index contributed by atoms with van der Waals surface area (Å²) in [6.45, 7) is 7.52. The number of aryl methyl sites for hydroxylation is 1. The highest BCUT2D eigenvalue weighted by atomic mass is 32.1. The summed E-state index contributed by atoms with van der Waals surface area (Å²) in [4.78, 5) is 27.3. The van der Waals surface area contributed by atoms with E-state index in [1.165, 1.54) is 18.3 Å². The number of aromatic nitrogens is 1. The van der Waals surface area contributed by atoms with Crippen LogP contribution in [0.1, 0.15) is 31.5 Å². The molecule has 1 heterocycles. The lowest BCUT2D eigenvalue weighted by atomic mass is 10.0. The second-order valence-corrected chi connectivity index (χ2v) is 5.47. The van der Waals surface area contributed by atoms with Gasteiger partial charge in [-0.05, 0) is 12.8 Å². The Bertz CT molecular complexity index is 429. The fraction of sp³-hybridized carbons (Fsp3) is 0.583. The van der Waals surface area contributed by atoms with E-state index in [-0.39, 0.29) is 17.7 Å². The van der Waals surface area contributed by atoms with E-state index in [2.05, 4.69) is 15.6 Å². The molecule has 2 amide bonds. The standard InChI is InChI=1S/C12H19N3O2S/c1-7(2)11(15-9(4)16)12(17)13-5-10-14-8(3)6-18-10/h6-7,11H,5H2,1-4H3,(H,13,17)(H,15,16)/t11-/m0/s1. The lowest BCUT2D eigenvalue weighted by Crippen LogP contribution is -2.48. The molecule has 0 radical (unpaired) electrons. The van der Waals surface area contributed by atoms with Gasteiger partial charge in [0, 0.05) is 18.0 Å². The van der Waals surface area contributed by atoms with Crippen LogP contribution in [0.3, 0.4) is 0 Å². The first kappa shape index (κ1) is 14.6. The van der Waals surface area contributed by atoms with Gasteiger partial charge in [0.1, 0.15) is 11.0 Å². The Morgan fingerprint density at radius 3 is 2.56 bits per heavy atom. The fourth-order valence-corrected chi connectivity index (χ4v) is 2.22. The van der Waals surface area contributed by atoms with Crippen molar-refractivity contribution in [2.45, 2.75) is 40.3 Å². The van der Waals surface area contributed by atoms with Gasteiger partial charge in [-0.25, -0.2) is 4.98 Å². The second-order valence-electron chi connectivity index (χ2n) is 4.52. The predicted molar refractivity (Wildman–Crippen MR) is 71.1 cm³/mol. The molecule has 0 bridgehead atoms. The second kappa shape index (κ2) is 6.49. The van der Waals surface area contributed by atoms with E-state index >= 15 is 0 Å². The number of nitrogens with zero attached hydrogens (tertiary/aromatic N) is 1. The summed E-state index contributed by atoms with van der Waals surface area (Å²) < 4.78 is 0. The summed E-state index contributed by atoms with van der Waals surface area (Å²) in [5, 5.41) is 8.25. The van der Waals surface area contributed by atoms with Crippen molar-refractivity contribution in [2.75, 3.05) is 0 Å². The molecule has 0 aliphatic carbocycles. The number of rotatable bonds is 5. The largest absolute Gasteiger partial charge is 0.348 e. The highest BCUT2D eigenvalue weighted by Crippen LogP contribution is 2.08. The fourth-order valence-electron chi connectivity index (χ4n) is 1.51. The van der Waals surface area contributed by atoms with Crippen LogP contribution in [0.15, 0.2) is 5.38 Å². The normalized spacial score (nSPS) is 12.3. The van der Waals surface area contributed by atoms with E-state index in [0.29, 0.717) is 6.54 Å². The molecule has 1 atom stereocenters. The van der Waals surface area contributed by atoms with E-state index in [1.807, 2.05) is 26.2 Å². The van der Waals surface area contributed by atoms with Crippen molar-refractivity contribution in [2.24, 2.45) is 5.92 Å². The predicted octanol–water partition coefficient (Wildman–Crippen LogP) is 1.23. The molecule has 6 heteroatoms. The molecule has 0 saturated heterocycles. The van der Waals surface area contributed by atoms with Crippen molar-refractivity contribution in [3.05, 3.63) is 16.1 Å². The number of nitrogens with one attached hydrogen (secondary N) is 2. The SMILES string of the molecule is CC(=O)N[C@H](C(=O)NCc1nc(C)cs1)C(C)C. The maximum atomic E-state index is 12.0. The number of hydrogen-bond donors (Lipinski definition) is 2. The van der Waals surface area contributed by atoms with E-state index in [4.69, 9.17) is 0 Å². The van der Waals surface area contributed by atoms with Crippen LogP contribution in [-0.2, 0) is 16.1 Å². The molecular weight excluding hydrogens is 250 g/mol. The minimum atomic E-state index is -0.497. The Kier molecular flexibility index (Phi) is 5.27. The van der Waals surface area contributed by atoms with Gasteiger partial charge in [0.2, 0.25) is 11.8 Å². The number of carbonyl (C=O) groups excluding carboxylic acids is 2. The van der Waals surface area contributed by atoms with Crippen LogP contribution < -0.4 is 10.6 Å². The average Bonchev–Trinajstić information content (AvgIpc) is 2.68. The van der Waals surface area contributed by atoms with Crippen LogP contribution in [0.5, 0.6) is 0 Å². The van der Waals surface area contributed by atoms with Gasteiger partial charge in [-0.1, -0.05) is 13.8 Å². The highest BCUT2D eigenvalue weighted by molar-refractivity contribution is 7.09. The van der Waals surface area contributed by atoms with Crippen molar-refractivity contribution in [3.8, 4) is 0 Å². The van der Waals surface area contributed by atoms with Crippen LogP contribution in [0, 0.1) is 12.8 Å². The Hall–Kier alpha value is -1.43. The van der Waals surface area contributed by atoms with Gasteiger partial charge in [-0.3, -0.25) is 9.59 Å². The van der Waals surface area contributed by atoms with Gasteiger partial charge in [-0.2, -0.15) is 0 Å². The van der Waals surface area contributed by atoms with Crippen LogP contribution in [0.4, 0.5) is 0 Å². The Labute approximate surface area is 111 Å². The third-order valence-electron chi connectivity index (χ3n) is 2.39. The first-order chi connectivity index (χ1) is 8.40. The molecule has 2 N–H and O–H groups in total. The van der Waals surface area contributed by atoms with E-state index < -0.39 is 6.04 Å². The zero-order chi connectivity index (χ0) is 13.7. The van der Waals surface area contributed by atoms with Crippen molar-refractivity contribution in [1.82, 2.24) is 15.6 Å². The van der Waals surface area contributed by atoms with Crippen LogP contribution in [-0.4, -0.2) is 22.8 Å². The number of carbonyl (C=O) groups is 2. The lowest BCUT2D eigenvalue weighted by Gasteiger charge is -2.20. The molecule has 0 unspecified atom stereocenters. The summed E-state index contributed by atoms with van der Waals surface area (Å²) in [5.74, 6) is -0.325. The minimum Gasteiger partial charge on any atom is -0.348 e. The monoisotopic (exact) mass is 269 g/mol. The first-order valence-electron chi connectivity index (χ1n) is 5.86. The van der Waals surface area contributed by atoms with Crippen LogP contribution in [0.25, 0.3) is 0 Å². The number of thiazole rings is 1. The molecule has 0 spiro atoms. The van der Waals surface area contributed by atoms with Gasteiger partial charge in [0.05, 0.1) is 6.54 Å². The topological polar surface area (TPSA) is 71.1 Å². The van der Waals surface area contributed by atoms with Crippen molar-refractivity contribution in [1.29, 1.82) is 0 Å². The number of amides is 2. The number of hydrogen-bond acceptors (Lipinski definition) is 4.